The molecule has 0 aliphatic carbocycles. The van der Waals surface area contributed by atoms with Gasteiger partial charge in [0.2, 0.25) is 0 Å². The summed E-state index contributed by atoms with van der Waals surface area (Å²) in [6, 6.07) is 0.593. The lowest BCUT2D eigenvalue weighted by Crippen LogP contribution is -2.29. The highest BCUT2D eigenvalue weighted by molar-refractivity contribution is 4.64. The van der Waals surface area contributed by atoms with Crippen LogP contribution in [0, 0.1) is 5.92 Å². The molecule has 0 aromatic rings. The summed E-state index contributed by atoms with van der Waals surface area (Å²) in [6.07, 6.45) is 4.13. The van der Waals surface area contributed by atoms with Crippen LogP contribution in [0.1, 0.15) is 53.9 Å². The van der Waals surface area contributed by atoms with Crippen LogP contribution in [0.3, 0.4) is 0 Å². The molecular formula is C13H29NO. The molecule has 0 fully saturated rings. The maximum absolute atomic E-state index is 5.60. The molecule has 1 N–H and O–H groups in total. The Morgan fingerprint density at radius 2 is 1.73 bits per heavy atom. The molecule has 0 bridgehead atoms. The van der Waals surface area contributed by atoms with Gasteiger partial charge < -0.3 is 10.1 Å². The molecule has 0 amide bonds. The zero-order valence-corrected chi connectivity index (χ0v) is 11.2. The minimum absolute atomic E-state index is 0.366. The third-order valence-electron chi connectivity index (χ3n) is 2.49. The summed E-state index contributed by atoms with van der Waals surface area (Å²) in [7, 11) is 0. The fourth-order valence-corrected chi connectivity index (χ4v) is 1.63. The summed E-state index contributed by atoms with van der Waals surface area (Å²) in [4.78, 5) is 0. The van der Waals surface area contributed by atoms with Gasteiger partial charge in [-0.2, -0.15) is 0 Å². The molecule has 2 nitrogen and oxygen atoms in total. The summed E-state index contributed by atoms with van der Waals surface area (Å²) in [5, 5.41) is 3.51. The third kappa shape index (κ3) is 10.2. The summed E-state index contributed by atoms with van der Waals surface area (Å²) >= 11 is 0. The van der Waals surface area contributed by atoms with Gasteiger partial charge in [-0.15, -0.1) is 0 Å². The van der Waals surface area contributed by atoms with Crippen LogP contribution in [-0.4, -0.2) is 25.3 Å². The van der Waals surface area contributed by atoms with E-state index in [1.54, 1.807) is 0 Å². The fourth-order valence-electron chi connectivity index (χ4n) is 1.63. The van der Waals surface area contributed by atoms with Crippen molar-refractivity contribution in [2.24, 2.45) is 5.92 Å². The van der Waals surface area contributed by atoms with Gasteiger partial charge in [0.25, 0.3) is 0 Å². The largest absolute Gasteiger partial charge is 0.379 e. The van der Waals surface area contributed by atoms with E-state index >= 15 is 0 Å². The van der Waals surface area contributed by atoms with Crippen molar-refractivity contribution in [2.75, 3.05) is 13.2 Å². The average Bonchev–Trinajstić information content (AvgIpc) is 2.13. The predicted octanol–water partition coefficient (Wildman–Crippen LogP) is 3.22. The molecule has 0 aromatic heterocycles. The topological polar surface area (TPSA) is 21.3 Å². The van der Waals surface area contributed by atoms with Crippen molar-refractivity contribution in [3.8, 4) is 0 Å². The molecule has 0 rings (SSSR count). The Balaban J connectivity index is 3.62. The second-order valence-electron chi connectivity index (χ2n) is 4.93. The van der Waals surface area contributed by atoms with Crippen molar-refractivity contribution in [3.63, 3.8) is 0 Å². The van der Waals surface area contributed by atoms with Gasteiger partial charge in [-0.3, -0.25) is 0 Å². The molecule has 0 aliphatic rings. The first kappa shape index (κ1) is 14.9. The molecule has 0 radical (unpaired) electrons. The summed E-state index contributed by atoms with van der Waals surface area (Å²) < 4.78 is 5.60. The highest BCUT2D eigenvalue weighted by Crippen LogP contribution is 2.11. The van der Waals surface area contributed by atoms with E-state index < -0.39 is 0 Å². The highest BCUT2D eigenvalue weighted by Gasteiger charge is 2.08. The first-order chi connectivity index (χ1) is 7.06. The number of nitrogens with one attached hydrogen (secondary N) is 1. The van der Waals surface area contributed by atoms with Crippen molar-refractivity contribution in [1.82, 2.24) is 5.32 Å². The third-order valence-corrected chi connectivity index (χ3v) is 2.49. The number of hydrogen-bond acceptors (Lipinski definition) is 2. The Kier molecular flexibility index (Phi) is 9.12. The standard InChI is InChI=1S/C13H29NO/c1-6-7-13(10-14-11(2)3)8-9-15-12(4)5/h11-14H,6-10H2,1-5H3. The van der Waals surface area contributed by atoms with Crippen molar-refractivity contribution >= 4 is 0 Å². The number of ether oxygens (including phenoxy) is 1. The molecule has 0 aromatic carbocycles. The van der Waals surface area contributed by atoms with E-state index in [0.717, 1.165) is 19.1 Å². The lowest BCUT2D eigenvalue weighted by atomic mass is 10.00. The smallest absolute Gasteiger partial charge is 0.0518 e. The van der Waals surface area contributed by atoms with Gasteiger partial charge in [0, 0.05) is 12.6 Å². The van der Waals surface area contributed by atoms with Crippen LogP contribution in [-0.2, 0) is 4.74 Å². The minimum Gasteiger partial charge on any atom is -0.379 e. The average molecular weight is 215 g/mol. The SMILES string of the molecule is CCCC(CCOC(C)C)CNC(C)C. The lowest BCUT2D eigenvalue weighted by Gasteiger charge is -2.19. The molecule has 92 valence electrons. The monoisotopic (exact) mass is 215 g/mol. The summed E-state index contributed by atoms with van der Waals surface area (Å²) in [6.45, 7) is 12.9. The molecule has 15 heavy (non-hydrogen) atoms. The Morgan fingerprint density at radius 1 is 1.07 bits per heavy atom. The quantitative estimate of drug-likeness (QED) is 0.637. The maximum Gasteiger partial charge on any atom is 0.0518 e. The van der Waals surface area contributed by atoms with Crippen molar-refractivity contribution in [2.45, 2.75) is 66.0 Å². The van der Waals surface area contributed by atoms with Crippen LogP contribution in [0.15, 0.2) is 0 Å². The Bertz CT molecular complexity index is 134. The maximum atomic E-state index is 5.60. The van der Waals surface area contributed by atoms with Crippen molar-refractivity contribution in [3.05, 3.63) is 0 Å². The molecule has 1 unspecified atom stereocenters. The van der Waals surface area contributed by atoms with Gasteiger partial charge in [0.1, 0.15) is 0 Å². The Morgan fingerprint density at radius 3 is 2.20 bits per heavy atom. The van der Waals surface area contributed by atoms with Gasteiger partial charge in [-0.1, -0.05) is 27.2 Å². The zero-order valence-electron chi connectivity index (χ0n) is 11.2. The lowest BCUT2D eigenvalue weighted by molar-refractivity contribution is 0.0673. The van der Waals surface area contributed by atoms with Crippen molar-refractivity contribution in [1.29, 1.82) is 0 Å². The van der Waals surface area contributed by atoms with Crippen LogP contribution in [0.2, 0.25) is 0 Å². The van der Waals surface area contributed by atoms with Crippen LogP contribution in [0.5, 0.6) is 0 Å². The van der Waals surface area contributed by atoms with E-state index in [-0.39, 0.29) is 0 Å². The van der Waals surface area contributed by atoms with Gasteiger partial charge >= 0.3 is 0 Å². The van der Waals surface area contributed by atoms with E-state index in [0.29, 0.717) is 12.1 Å². The van der Waals surface area contributed by atoms with E-state index in [2.05, 4.69) is 39.9 Å². The Hall–Kier alpha value is -0.0800. The second-order valence-corrected chi connectivity index (χ2v) is 4.93. The van der Waals surface area contributed by atoms with E-state index in [9.17, 15) is 0 Å². The summed E-state index contributed by atoms with van der Waals surface area (Å²) in [5.41, 5.74) is 0. The molecule has 0 spiro atoms. The van der Waals surface area contributed by atoms with Crippen LogP contribution < -0.4 is 5.32 Å². The Labute approximate surface area is 95.8 Å². The van der Waals surface area contributed by atoms with Gasteiger partial charge in [0.15, 0.2) is 0 Å². The van der Waals surface area contributed by atoms with Gasteiger partial charge in [-0.05, 0) is 39.2 Å². The minimum atomic E-state index is 0.366. The molecule has 0 aliphatic heterocycles. The zero-order chi connectivity index (χ0) is 11.7. The molecule has 0 saturated carbocycles. The van der Waals surface area contributed by atoms with Gasteiger partial charge in [0.05, 0.1) is 6.10 Å². The highest BCUT2D eigenvalue weighted by atomic mass is 16.5. The van der Waals surface area contributed by atoms with E-state index in [1.165, 1.54) is 19.3 Å². The molecule has 1 atom stereocenters. The van der Waals surface area contributed by atoms with E-state index in [4.69, 9.17) is 4.74 Å². The molecule has 2 heteroatoms. The molecule has 0 heterocycles. The second kappa shape index (κ2) is 9.17. The van der Waals surface area contributed by atoms with Gasteiger partial charge in [-0.25, -0.2) is 0 Å². The first-order valence-electron chi connectivity index (χ1n) is 6.41. The molecule has 0 saturated heterocycles. The fraction of sp³-hybridized carbons (Fsp3) is 1.00. The first-order valence-corrected chi connectivity index (χ1v) is 6.41. The van der Waals surface area contributed by atoms with E-state index in [1.807, 2.05) is 0 Å². The van der Waals surface area contributed by atoms with Crippen LogP contribution >= 0.6 is 0 Å². The van der Waals surface area contributed by atoms with Crippen molar-refractivity contribution < 1.29 is 4.74 Å². The summed E-state index contributed by atoms with van der Waals surface area (Å²) in [5.74, 6) is 0.774. The normalized spacial score (nSPS) is 13.8. The molecular weight excluding hydrogens is 186 g/mol. The van der Waals surface area contributed by atoms with Crippen LogP contribution in [0.4, 0.5) is 0 Å². The predicted molar refractivity (Wildman–Crippen MR) is 67.2 cm³/mol. The number of hydrogen-bond donors (Lipinski definition) is 1. The number of rotatable bonds is 9. The van der Waals surface area contributed by atoms with Crippen LogP contribution in [0.25, 0.3) is 0 Å².